The standard InChI is InChI=1S/C18H17ClN4O4S/c1-9-6-12-14(22-18(19)23-16(12)28-9)20-7-10-2-4-11(5-3-10)15(25)21-13(8-24)17(26)27/h2-6,13,24H,7-8H2,1H3,(H,21,25)(H,26,27)(H,20,22,23). The van der Waals surface area contributed by atoms with Gasteiger partial charge in [0.2, 0.25) is 5.28 Å². The van der Waals surface area contributed by atoms with Crippen LogP contribution in [0, 0.1) is 6.92 Å². The van der Waals surface area contributed by atoms with Crippen molar-refractivity contribution in [3.8, 4) is 0 Å². The number of benzene rings is 1. The Hall–Kier alpha value is -2.75. The summed E-state index contributed by atoms with van der Waals surface area (Å²) in [5.74, 6) is -1.23. The van der Waals surface area contributed by atoms with Crippen molar-refractivity contribution < 1.29 is 19.8 Å². The molecule has 8 nitrogen and oxygen atoms in total. The first-order chi connectivity index (χ1) is 13.4. The number of anilines is 1. The van der Waals surface area contributed by atoms with Crippen molar-refractivity contribution in [1.82, 2.24) is 15.3 Å². The van der Waals surface area contributed by atoms with Gasteiger partial charge < -0.3 is 20.8 Å². The van der Waals surface area contributed by atoms with Crippen LogP contribution in [0.2, 0.25) is 5.28 Å². The van der Waals surface area contributed by atoms with Crippen LogP contribution in [0.1, 0.15) is 20.8 Å². The fraction of sp³-hybridized carbons (Fsp3) is 0.222. The lowest BCUT2D eigenvalue weighted by Crippen LogP contribution is -2.43. The lowest BCUT2D eigenvalue weighted by molar-refractivity contribution is -0.140. The van der Waals surface area contributed by atoms with E-state index in [1.54, 1.807) is 24.3 Å². The molecule has 4 N–H and O–H groups in total. The van der Waals surface area contributed by atoms with E-state index >= 15 is 0 Å². The number of thiophene rings is 1. The summed E-state index contributed by atoms with van der Waals surface area (Å²) in [4.78, 5) is 33.3. The van der Waals surface area contributed by atoms with Gasteiger partial charge in [-0.3, -0.25) is 4.79 Å². The van der Waals surface area contributed by atoms with E-state index in [0.717, 1.165) is 20.7 Å². The molecule has 1 atom stereocenters. The van der Waals surface area contributed by atoms with Crippen LogP contribution in [0.15, 0.2) is 30.3 Å². The number of fused-ring (bicyclic) bond motifs is 1. The maximum Gasteiger partial charge on any atom is 0.328 e. The Morgan fingerprint density at radius 1 is 1.25 bits per heavy atom. The number of carboxylic acids is 1. The lowest BCUT2D eigenvalue weighted by Gasteiger charge is -2.12. The van der Waals surface area contributed by atoms with Crippen molar-refractivity contribution in [3.63, 3.8) is 0 Å². The zero-order chi connectivity index (χ0) is 20.3. The summed E-state index contributed by atoms with van der Waals surface area (Å²) in [6.45, 7) is 1.76. The Labute approximate surface area is 169 Å². The third kappa shape index (κ3) is 4.56. The average Bonchev–Trinajstić information content (AvgIpc) is 3.04. The van der Waals surface area contributed by atoms with Gasteiger partial charge in [-0.05, 0) is 42.3 Å². The number of rotatable bonds is 7. The fourth-order valence-corrected chi connectivity index (χ4v) is 3.64. The maximum atomic E-state index is 12.1. The first kappa shape index (κ1) is 20.0. The second-order valence-corrected chi connectivity index (χ2v) is 7.59. The number of aliphatic carboxylic acids is 1. The zero-order valence-corrected chi connectivity index (χ0v) is 16.3. The molecule has 1 aromatic carbocycles. The summed E-state index contributed by atoms with van der Waals surface area (Å²) in [5.41, 5.74) is 1.19. The van der Waals surface area contributed by atoms with Gasteiger partial charge in [0.1, 0.15) is 10.6 Å². The monoisotopic (exact) mass is 420 g/mol. The van der Waals surface area contributed by atoms with Gasteiger partial charge >= 0.3 is 5.97 Å². The third-order valence-corrected chi connectivity index (χ3v) is 5.06. The minimum atomic E-state index is -1.34. The molecule has 1 unspecified atom stereocenters. The van der Waals surface area contributed by atoms with E-state index in [0.29, 0.717) is 17.9 Å². The molecule has 0 aliphatic carbocycles. The van der Waals surface area contributed by atoms with E-state index < -0.39 is 24.5 Å². The number of aliphatic hydroxyl groups excluding tert-OH is 1. The number of hydrogen-bond donors (Lipinski definition) is 4. The highest BCUT2D eigenvalue weighted by atomic mass is 35.5. The Balaban J connectivity index is 1.68. The second kappa shape index (κ2) is 8.51. The molecule has 0 fully saturated rings. The number of aryl methyl sites for hydroxylation is 1. The molecular weight excluding hydrogens is 404 g/mol. The minimum Gasteiger partial charge on any atom is -0.480 e. The molecule has 0 spiro atoms. The Morgan fingerprint density at radius 2 is 1.96 bits per heavy atom. The van der Waals surface area contributed by atoms with Crippen molar-refractivity contribution in [3.05, 3.63) is 51.6 Å². The van der Waals surface area contributed by atoms with Gasteiger partial charge in [-0.15, -0.1) is 11.3 Å². The summed E-state index contributed by atoms with van der Waals surface area (Å²) in [6.07, 6.45) is 0. The molecule has 2 aromatic heterocycles. The van der Waals surface area contributed by atoms with Crippen LogP contribution in [0.4, 0.5) is 5.82 Å². The molecular formula is C18H17ClN4O4S. The predicted octanol–water partition coefficient (Wildman–Crippen LogP) is 2.44. The van der Waals surface area contributed by atoms with Crippen LogP contribution in [0.25, 0.3) is 10.2 Å². The minimum absolute atomic E-state index is 0.167. The Bertz CT molecular complexity index is 1020. The quantitative estimate of drug-likeness (QED) is 0.432. The van der Waals surface area contributed by atoms with Crippen LogP contribution in [-0.2, 0) is 11.3 Å². The molecule has 0 bridgehead atoms. The van der Waals surface area contributed by atoms with Gasteiger partial charge in [-0.25, -0.2) is 14.8 Å². The van der Waals surface area contributed by atoms with Crippen molar-refractivity contribution in [1.29, 1.82) is 0 Å². The van der Waals surface area contributed by atoms with Crippen LogP contribution in [-0.4, -0.2) is 44.7 Å². The smallest absolute Gasteiger partial charge is 0.328 e. The number of nitrogens with one attached hydrogen (secondary N) is 2. The highest BCUT2D eigenvalue weighted by Crippen LogP contribution is 2.29. The van der Waals surface area contributed by atoms with E-state index in [-0.39, 0.29) is 5.28 Å². The molecule has 0 saturated heterocycles. The van der Waals surface area contributed by atoms with Gasteiger partial charge in [0.15, 0.2) is 6.04 Å². The number of hydrogen-bond acceptors (Lipinski definition) is 7. The van der Waals surface area contributed by atoms with Gasteiger partial charge in [0.05, 0.1) is 12.0 Å². The fourth-order valence-electron chi connectivity index (χ4n) is 2.54. The van der Waals surface area contributed by atoms with Crippen LogP contribution in [0.3, 0.4) is 0 Å². The Morgan fingerprint density at radius 3 is 2.61 bits per heavy atom. The van der Waals surface area contributed by atoms with E-state index in [9.17, 15) is 9.59 Å². The van der Waals surface area contributed by atoms with Gasteiger partial charge in [0, 0.05) is 17.0 Å². The van der Waals surface area contributed by atoms with Crippen molar-refractivity contribution in [2.45, 2.75) is 19.5 Å². The summed E-state index contributed by atoms with van der Waals surface area (Å²) < 4.78 is 0. The average molecular weight is 421 g/mol. The summed E-state index contributed by atoms with van der Waals surface area (Å²) in [7, 11) is 0. The first-order valence-corrected chi connectivity index (χ1v) is 9.48. The van der Waals surface area contributed by atoms with Crippen molar-refractivity contribution in [2.75, 3.05) is 11.9 Å². The number of aromatic nitrogens is 2. The highest BCUT2D eigenvalue weighted by molar-refractivity contribution is 7.18. The third-order valence-electron chi connectivity index (χ3n) is 3.95. The molecule has 146 valence electrons. The molecule has 28 heavy (non-hydrogen) atoms. The number of carboxylic acid groups (broad SMARTS) is 1. The van der Waals surface area contributed by atoms with Gasteiger partial charge in [0.25, 0.3) is 5.91 Å². The van der Waals surface area contributed by atoms with Crippen LogP contribution in [0.5, 0.6) is 0 Å². The predicted molar refractivity (Wildman–Crippen MR) is 107 cm³/mol. The SMILES string of the molecule is Cc1cc2c(NCc3ccc(C(=O)NC(CO)C(=O)O)cc3)nc(Cl)nc2s1. The summed E-state index contributed by atoms with van der Waals surface area (Å²) in [6, 6.07) is 7.31. The van der Waals surface area contributed by atoms with Crippen LogP contribution < -0.4 is 10.6 Å². The van der Waals surface area contributed by atoms with Crippen LogP contribution >= 0.6 is 22.9 Å². The van der Waals surface area contributed by atoms with Crippen molar-refractivity contribution >= 4 is 50.8 Å². The van der Waals surface area contributed by atoms with E-state index in [1.807, 2.05) is 13.0 Å². The largest absolute Gasteiger partial charge is 0.480 e. The first-order valence-electron chi connectivity index (χ1n) is 8.28. The number of carbonyl (C=O) groups excluding carboxylic acids is 1. The summed E-state index contributed by atoms with van der Waals surface area (Å²) >= 11 is 7.52. The number of nitrogens with zero attached hydrogens (tertiary/aromatic N) is 2. The molecule has 3 rings (SSSR count). The van der Waals surface area contributed by atoms with Gasteiger partial charge in [-0.1, -0.05) is 12.1 Å². The Kier molecular flexibility index (Phi) is 6.08. The van der Waals surface area contributed by atoms with Gasteiger partial charge in [-0.2, -0.15) is 0 Å². The number of aliphatic hydroxyl groups is 1. The van der Waals surface area contributed by atoms with E-state index in [2.05, 4.69) is 20.6 Å². The second-order valence-electron chi connectivity index (χ2n) is 6.01. The van der Waals surface area contributed by atoms with Crippen molar-refractivity contribution in [2.24, 2.45) is 0 Å². The van der Waals surface area contributed by atoms with E-state index in [1.165, 1.54) is 11.3 Å². The molecule has 1 amide bonds. The maximum absolute atomic E-state index is 12.1. The normalized spacial score (nSPS) is 12.0. The summed E-state index contributed by atoms with van der Waals surface area (Å²) in [5, 5.41) is 24.4. The molecule has 0 saturated carbocycles. The van der Waals surface area contributed by atoms with E-state index in [4.69, 9.17) is 21.8 Å². The molecule has 10 heteroatoms. The number of halogens is 1. The molecule has 3 aromatic rings. The number of carbonyl (C=O) groups is 2. The molecule has 2 heterocycles. The lowest BCUT2D eigenvalue weighted by atomic mass is 10.1. The molecule has 0 aliphatic rings. The molecule has 0 aliphatic heterocycles. The highest BCUT2D eigenvalue weighted by Gasteiger charge is 2.19. The topological polar surface area (TPSA) is 124 Å². The zero-order valence-electron chi connectivity index (χ0n) is 14.8. The number of amides is 1. The molecule has 0 radical (unpaired) electrons.